The number of benzene rings is 5. The van der Waals surface area contributed by atoms with Gasteiger partial charge in [0.1, 0.15) is 29.6 Å². The van der Waals surface area contributed by atoms with E-state index in [0.29, 0.717) is 72.1 Å². The summed E-state index contributed by atoms with van der Waals surface area (Å²) in [6.45, 7) is 11.8. The van der Waals surface area contributed by atoms with Crippen molar-refractivity contribution < 1.29 is 42.7 Å². The average molecular weight is 1150 g/mol. The van der Waals surface area contributed by atoms with Gasteiger partial charge in [0.15, 0.2) is 11.5 Å². The molecule has 0 spiro atoms. The highest BCUT2D eigenvalue weighted by Crippen LogP contribution is 2.40. The van der Waals surface area contributed by atoms with Gasteiger partial charge in [0.2, 0.25) is 5.75 Å². The lowest BCUT2D eigenvalue weighted by molar-refractivity contribution is 0.0724. The Labute approximate surface area is 508 Å². The van der Waals surface area contributed by atoms with Crippen LogP contribution in [0.15, 0.2) is 109 Å². The topological polar surface area (TPSA) is 98.8 Å². The van der Waals surface area contributed by atoms with E-state index < -0.39 is 11.9 Å². The second-order valence-corrected chi connectivity index (χ2v) is 23.1. The highest BCUT2D eigenvalue weighted by atomic mass is 16.6. The molecule has 0 saturated carbocycles. The average Bonchev–Trinajstić information content (AvgIpc) is 3.43. The van der Waals surface area contributed by atoms with Crippen molar-refractivity contribution in [2.75, 3.05) is 26.4 Å². The minimum atomic E-state index is -0.495. The number of hydrogen-bond acceptors (Lipinski definition) is 9. The van der Waals surface area contributed by atoms with E-state index in [0.717, 1.165) is 74.0 Å². The predicted octanol–water partition coefficient (Wildman–Crippen LogP) is 22.2. The third-order valence-corrected chi connectivity index (χ3v) is 15.7. The zero-order valence-electron chi connectivity index (χ0n) is 52.6. The van der Waals surface area contributed by atoms with Crippen molar-refractivity contribution in [1.82, 2.24) is 0 Å². The molecule has 84 heavy (non-hydrogen) atoms. The zero-order valence-corrected chi connectivity index (χ0v) is 52.6. The molecule has 0 atom stereocenters. The van der Waals surface area contributed by atoms with Gasteiger partial charge in [-0.05, 0) is 115 Å². The number of ether oxygens (including phenoxy) is 7. The summed E-state index contributed by atoms with van der Waals surface area (Å²) in [6.07, 6.45) is 42.0. The number of unbranched alkanes of at least 4 members (excludes halogenated alkanes) is 30. The van der Waals surface area contributed by atoms with Gasteiger partial charge in [-0.1, -0.05) is 257 Å². The summed E-state index contributed by atoms with van der Waals surface area (Å²) >= 11 is 0. The van der Waals surface area contributed by atoms with E-state index in [2.05, 4.69) is 27.7 Å². The highest BCUT2D eigenvalue weighted by Gasteiger charge is 2.21. The number of hydrogen-bond donors (Lipinski definition) is 0. The molecular formula is C75H108O9. The Bertz CT molecular complexity index is 2400. The van der Waals surface area contributed by atoms with E-state index in [-0.39, 0.29) is 0 Å². The fourth-order valence-electron chi connectivity index (χ4n) is 10.4. The Morgan fingerprint density at radius 3 is 0.976 bits per heavy atom. The Hall–Kier alpha value is -5.96. The lowest BCUT2D eigenvalue weighted by Gasteiger charge is -2.19. The predicted molar refractivity (Wildman–Crippen MR) is 347 cm³/mol. The van der Waals surface area contributed by atoms with Gasteiger partial charge in [0.25, 0.3) is 0 Å². The SMILES string of the molecule is CCCCCCCCCCCCOc1cc(C(=O)Oc2ccc(-c3ccc(OC(=O)c4ccc(OCc5ccc(OCCCCCC)cc5)cc4)cc3)cc2)cc(OCCCCCCCCCCCC)c1OCCCCCCCCCCCC. The number of esters is 2. The van der Waals surface area contributed by atoms with Gasteiger partial charge in [-0.25, -0.2) is 9.59 Å². The van der Waals surface area contributed by atoms with Crippen molar-refractivity contribution in [3.05, 3.63) is 126 Å². The third-order valence-electron chi connectivity index (χ3n) is 15.7. The van der Waals surface area contributed by atoms with Crippen molar-refractivity contribution in [3.63, 3.8) is 0 Å². The molecular weight excluding hydrogens is 1040 g/mol. The van der Waals surface area contributed by atoms with Crippen molar-refractivity contribution in [2.24, 2.45) is 0 Å². The van der Waals surface area contributed by atoms with E-state index >= 15 is 0 Å². The molecule has 0 aromatic heterocycles. The van der Waals surface area contributed by atoms with Gasteiger partial charge in [-0.15, -0.1) is 0 Å². The number of rotatable bonds is 50. The smallest absolute Gasteiger partial charge is 0.343 e. The third kappa shape index (κ3) is 29.2. The van der Waals surface area contributed by atoms with Crippen molar-refractivity contribution in [2.45, 2.75) is 253 Å². The van der Waals surface area contributed by atoms with Crippen LogP contribution in [0.3, 0.4) is 0 Å². The summed E-state index contributed by atoms with van der Waals surface area (Å²) in [6, 6.07) is 33.3. The van der Waals surface area contributed by atoms with Crippen LogP contribution in [0.25, 0.3) is 11.1 Å². The molecule has 0 saturated heterocycles. The van der Waals surface area contributed by atoms with Crippen LogP contribution in [0.5, 0.6) is 40.2 Å². The molecule has 0 N–H and O–H groups in total. The fourth-order valence-corrected chi connectivity index (χ4v) is 10.4. The molecule has 0 fully saturated rings. The summed E-state index contributed by atoms with van der Waals surface area (Å²) in [5, 5.41) is 0. The van der Waals surface area contributed by atoms with Crippen LogP contribution in [0.1, 0.15) is 272 Å². The van der Waals surface area contributed by atoms with E-state index in [1.807, 2.05) is 48.5 Å². The van der Waals surface area contributed by atoms with E-state index in [4.69, 9.17) is 33.2 Å². The standard InChI is InChI=1S/C75H108O9/c1-5-9-13-17-20-23-26-29-32-36-56-79-71-59-66(60-72(80-57-37-33-30-27-24-21-18-14-10-6-2)73(71)81-58-38-34-31-28-25-22-19-15-11-7-3)75(77)84-70-53-43-64(44-54-70)63-41-51-69(52-42-63)83-74(76)65-45-49-68(50-46-65)82-61-62-39-47-67(48-40-62)78-55-35-16-12-8-4/h39-54,59-60H,5-38,55-58,61H2,1-4H3. The van der Waals surface area contributed by atoms with Crippen molar-refractivity contribution in [1.29, 1.82) is 0 Å². The van der Waals surface area contributed by atoms with Crippen LogP contribution in [0, 0.1) is 0 Å². The Kier molecular flexibility index (Phi) is 36.5. The lowest BCUT2D eigenvalue weighted by Crippen LogP contribution is -2.12. The van der Waals surface area contributed by atoms with Crippen LogP contribution in [0.2, 0.25) is 0 Å². The molecule has 0 bridgehead atoms. The maximum atomic E-state index is 14.1. The van der Waals surface area contributed by atoms with Gasteiger partial charge in [0, 0.05) is 0 Å². The van der Waals surface area contributed by atoms with Gasteiger partial charge in [-0.3, -0.25) is 0 Å². The van der Waals surface area contributed by atoms with Gasteiger partial charge in [-0.2, -0.15) is 0 Å². The minimum absolute atomic E-state index is 0.354. The van der Waals surface area contributed by atoms with Crippen molar-refractivity contribution >= 4 is 11.9 Å². The molecule has 462 valence electrons. The fraction of sp³-hybridized carbons (Fsp3) is 0.573. The van der Waals surface area contributed by atoms with Gasteiger partial charge >= 0.3 is 11.9 Å². The summed E-state index contributed by atoms with van der Waals surface area (Å²) in [7, 11) is 0. The second kappa shape index (κ2) is 44.5. The lowest BCUT2D eigenvalue weighted by atomic mass is 10.1. The molecule has 0 radical (unpaired) electrons. The summed E-state index contributed by atoms with van der Waals surface area (Å²) < 4.78 is 43.4. The minimum Gasteiger partial charge on any atom is -0.494 e. The first kappa shape index (κ1) is 68.8. The number of carbonyl (C=O) groups is 2. The first-order chi connectivity index (χ1) is 41.4. The molecule has 5 aromatic rings. The maximum Gasteiger partial charge on any atom is 0.343 e. The molecule has 0 heterocycles. The summed E-state index contributed by atoms with van der Waals surface area (Å²) in [5.74, 6) is 3.06. The van der Waals surface area contributed by atoms with E-state index in [1.165, 1.54) is 173 Å². The van der Waals surface area contributed by atoms with Crippen LogP contribution in [0.4, 0.5) is 0 Å². The normalized spacial score (nSPS) is 11.1. The zero-order chi connectivity index (χ0) is 59.3. The molecule has 0 aliphatic heterocycles. The Morgan fingerprint density at radius 1 is 0.286 bits per heavy atom. The Balaban J connectivity index is 1.18. The highest BCUT2D eigenvalue weighted by molar-refractivity contribution is 5.93. The molecule has 5 rings (SSSR count). The van der Waals surface area contributed by atoms with Crippen LogP contribution >= 0.6 is 0 Å². The van der Waals surface area contributed by atoms with E-state index in [9.17, 15) is 9.59 Å². The molecule has 9 nitrogen and oxygen atoms in total. The quantitative estimate of drug-likeness (QED) is 0.0214. The van der Waals surface area contributed by atoms with E-state index in [1.54, 1.807) is 60.7 Å². The molecule has 0 aliphatic carbocycles. The molecule has 0 aliphatic rings. The van der Waals surface area contributed by atoms with Crippen LogP contribution in [-0.2, 0) is 6.61 Å². The Morgan fingerprint density at radius 2 is 0.583 bits per heavy atom. The summed E-state index contributed by atoms with van der Waals surface area (Å²) in [5.41, 5.74) is 3.63. The second-order valence-electron chi connectivity index (χ2n) is 23.1. The molecule has 0 unspecified atom stereocenters. The largest absolute Gasteiger partial charge is 0.494 e. The molecule has 5 aromatic carbocycles. The molecule has 0 amide bonds. The van der Waals surface area contributed by atoms with Crippen LogP contribution in [-0.4, -0.2) is 38.4 Å². The van der Waals surface area contributed by atoms with Gasteiger partial charge in [0.05, 0.1) is 37.6 Å². The monoisotopic (exact) mass is 1150 g/mol. The first-order valence-electron chi connectivity index (χ1n) is 33.6. The number of carbonyl (C=O) groups excluding carboxylic acids is 2. The first-order valence-corrected chi connectivity index (χ1v) is 33.6. The van der Waals surface area contributed by atoms with Crippen LogP contribution < -0.4 is 33.2 Å². The van der Waals surface area contributed by atoms with Crippen molar-refractivity contribution in [3.8, 4) is 51.4 Å². The maximum absolute atomic E-state index is 14.1. The van der Waals surface area contributed by atoms with Gasteiger partial charge < -0.3 is 33.2 Å². The molecule has 9 heteroatoms. The summed E-state index contributed by atoms with van der Waals surface area (Å²) in [4.78, 5) is 27.3.